The van der Waals surface area contributed by atoms with Crippen LogP contribution in [-0.4, -0.2) is 14.5 Å². The van der Waals surface area contributed by atoms with Crippen LogP contribution in [0.5, 0.6) is 0 Å². The molecule has 0 saturated carbocycles. The molecule has 0 spiro atoms. The molecular formula is C19H13N3O3. The Morgan fingerprint density at radius 3 is 2.32 bits per heavy atom. The van der Waals surface area contributed by atoms with Crippen LogP contribution in [0.25, 0.3) is 22.4 Å². The zero-order valence-electron chi connectivity index (χ0n) is 13.1. The third-order valence-electron chi connectivity index (χ3n) is 3.86. The fraction of sp³-hybridized carbons (Fsp3) is 0.0526. The van der Waals surface area contributed by atoms with Gasteiger partial charge in [-0.15, -0.1) is 0 Å². The molecule has 2 aromatic heterocycles. The summed E-state index contributed by atoms with van der Waals surface area (Å²) in [6, 6.07) is 18.8. The zero-order chi connectivity index (χ0) is 17.2. The average molecular weight is 331 g/mol. The summed E-state index contributed by atoms with van der Waals surface area (Å²) < 4.78 is 6.16. The molecule has 0 aliphatic heterocycles. The van der Waals surface area contributed by atoms with E-state index in [-0.39, 0.29) is 17.6 Å². The van der Waals surface area contributed by atoms with Crippen LogP contribution < -0.4 is 11.4 Å². The third kappa shape index (κ3) is 2.85. The molecule has 0 fully saturated rings. The fourth-order valence-corrected chi connectivity index (χ4v) is 2.63. The Hall–Kier alpha value is -3.54. The van der Waals surface area contributed by atoms with Crippen molar-refractivity contribution in [1.29, 1.82) is 0 Å². The molecule has 0 aliphatic carbocycles. The van der Waals surface area contributed by atoms with Crippen LogP contribution in [0.3, 0.4) is 0 Å². The van der Waals surface area contributed by atoms with Gasteiger partial charge in [-0.1, -0.05) is 60.7 Å². The minimum Gasteiger partial charge on any atom is -0.372 e. The van der Waals surface area contributed by atoms with Crippen molar-refractivity contribution >= 4 is 11.0 Å². The van der Waals surface area contributed by atoms with E-state index < -0.39 is 11.4 Å². The van der Waals surface area contributed by atoms with Crippen LogP contribution in [0.4, 0.5) is 0 Å². The van der Waals surface area contributed by atoms with E-state index in [4.69, 9.17) is 4.42 Å². The van der Waals surface area contributed by atoms with E-state index >= 15 is 0 Å². The van der Waals surface area contributed by atoms with Gasteiger partial charge in [-0.2, -0.15) is 0 Å². The van der Waals surface area contributed by atoms with E-state index in [0.717, 1.165) is 11.1 Å². The molecule has 6 heteroatoms. The standard InChI is InChI=1S/C19H13N3O3/c23-18-15-11-20-16(14-9-5-2-6-10-14)21-17(15)22(19(24)25-18)12-13-7-3-1-4-8-13/h1-11H,12H2. The fourth-order valence-electron chi connectivity index (χ4n) is 2.63. The molecule has 4 rings (SSSR count). The van der Waals surface area contributed by atoms with E-state index in [1.165, 1.54) is 10.8 Å². The smallest absolute Gasteiger partial charge is 0.372 e. The molecule has 6 nitrogen and oxygen atoms in total. The van der Waals surface area contributed by atoms with Gasteiger partial charge in [0.15, 0.2) is 11.5 Å². The van der Waals surface area contributed by atoms with Crippen LogP contribution in [0.15, 0.2) is 80.9 Å². The molecule has 2 aromatic carbocycles. The van der Waals surface area contributed by atoms with E-state index in [0.29, 0.717) is 5.82 Å². The summed E-state index contributed by atoms with van der Waals surface area (Å²) in [5.74, 6) is -0.293. The first-order valence-electron chi connectivity index (χ1n) is 7.72. The largest absolute Gasteiger partial charge is 0.423 e. The van der Waals surface area contributed by atoms with E-state index in [9.17, 15) is 9.59 Å². The molecule has 4 aromatic rings. The van der Waals surface area contributed by atoms with Crippen molar-refractivity contribution in [3.8, 4) is 11.4 Å². The highest BCUT2D eigenvalue weighted by atomic mass is 16.4. The molecule has 2 heterocycles. The van der Waals surface area contributed by atoms with Gasteiger partial charge in [0, 0.05) is 11.8 Å². The highest BCUT2D eigenvalue weighted by Gasteiger charge is 2.13. The average Bonchev–Trinajstić information content (AvgIpc) is 2.66. The Bertz CT molecular complexity index is 1150. The lowest BCUT2D eigenvalue weighted by Crippen LogP contribution is -2.26. The van der Waals surface area contributed by atoms with Crippen LogP contribution in [0.1, 0.15) is 5.56 Å². The van der Waals surface area contributed by atoms with Crippen molar-refractivity contribution in [1.82, 2.24) is 14.5 Å². The van der Waals surface area contributed by atoms with Gasteiger partial charge in [0.05, 0.1) is 6.54 Å². The number of hydrogen-bond acceptors (Lipinski definition) is 5. The van der Waals surface area contributed by atoms with Crippen LogP contribution in [0.2, 0.25) is 0 Å². The lowest BCUT2D eigenvalue weighted by atomic mass is 10.2. The summed E-state index contributed by atoms with van der Waals surface area (Å²) in [7, 11) is 0. The highest BCUT2D eigenvalue weighted by molar-refractivity contribution is 5.74. The van der Waals surface area contributed by atoms with Gasteiger partial charge in [0.1, 0.15) is 5.39 Å². The number of rotatable bonds is 3. The van der Waals surface area contributed by atoms with Gasteiger partial charge in [0.2, 0.25) is 0 Å². The van der Waals surface area contributed by atoms with Gasteiger partial charge in [-0.3, -0.25) is 4.57 Å². The molecule has 0 atom stereocenters. The second-order valence-corrected chi connectivity index (χ2v) is 5.52. The summed E-state index contributed by atoms with van der Waals surface area (Å²) in [4.78, 5) is 32.9. The first kappa shape index (κ1) is 15.0. The summed E-state index contributed by atoms with van der Waals surface area (Å²) in [5.41, 5.74) is 1.24. The number of nitrogens with zero attached hydrogens (tertiary/aromatic N) is 3. The first-order valence-corrected chi connectivity index (χ1v) is 7.72. The Balaban J connectivity index is 1.94. The lowest BCUT2D eigenvalue weighted by Gasteiger charge is -2.09. The second-order valence-electron chi connectivity index (χ2n) is 5.52. The van der Waals surface area contributed by atoms with Gasteiger partial charge in [0.25, 0.3) is 0 Å². The van der Waals surface area contributed by atoms with Crippen LogP contribution in [0, 0.1) is 0 Å². The molecular weight excluding hydrogens is 318 g/mol. The molecule has 25 heavy (non-hydrogen) atoms. The number of benzene rings is 2. The molecule has 0 amide bonds. The van der Waals surface area contributed by atoms with E-state index in [2.05, 4.69) is 9.97 Å². The summed E-state index contributed by atoms with van der Waals surface area (Å²) in [6.45, 7) is 0.255. The number of hydrogen-bond donors (Lipinski definition) is 0. The van der Waals surface area contributed by atoms with Gasteiger partial charge >= 0.3 is 11.4 Å². The van der Waals surface area contributed by atoms with Crippen molar-refractivity contribution in [2.75, 3.05) is 0 Å². The van der Waals surface area contributed by atoms with E-state index in [1.54, 1.807) is 0 Å². The minimum absolute atomic E-state index is 0.176. The van der Waals surface area contributed by atoms with Crippen molar-refractivity contribution in [2.45, 2.75) is 6.54 Å². The maximum atomic E-state index is 12.2. The Morgan fingerprint density at radius 1 is 0.920 bits per heavy atom. The molecule has 0 N–H and O–H groups in total. The normalized spacial score (nSPS) is 10.9. The topological polar surface area (TPSA) is 78.0 Å². The molecule has 0 bridgehead atoms. The minimum atomic E-state index is -0.737. The Kier molecular flexibility index (Phi) is 3.70. The second kappa shape index (κ2) is 6.16. The van der Waals surface area contributed by atoms with Gasteiger partial charge < -0.3 is 4.42 Å². The van der Waals surface area contributed by atoms with Crippen molar-refractivity contribution in [3.63, 3.8) is 0 Å². The van der Waals surface area contributed by atoms with Crippen LogP contribution in [-0.2, 0) is 6.54 Å². The Morgan fingerprint density at radius 2 is 1.60 bits per heavy atom. The maximum absolute atomic E-state index is 12.2. The lowest BCUT2D eigenvalue weighted by molar-refractivity contribution is 0.423. The summed E-state index contributed by atoms with van der Waals surface area (Å²) >= 11 is 0. The maximum Gasteiger partial charge on any atom is 0.423 e. The monoisotopic (exact) mass is 331 g/mol. The SMILES string of the molecule is O=c1oc(=O)n(Cc2ccccc2)c2nc(-c3ccccc3)ncc12. The predicted octanol–water partition coefficient (Wildman–Crippen LogP) is 2.46. The first-order chi connectivity index (χ1) is 12.2. The zero-order valence-corrected chi connectivity index (χ0v) is 13.1. The summed E-state index contributed by atoms with van der Waals surface area (Å²) in [5, 5.41) is 0.176. The highest BCUT2D eigenvalue weighted by Crippen LogP contribution is 2.16. The quantitative estimate of drug-likeness (QED) is 0.576. The van der Waals surface area contributed by atoms with E-state index in [1.807, 2.05) is 60.7 Å². The van der Waals surface area contributed by atoms with Gasteiger partial charge in [-0.05, 0) is 5.56 Å². The van der Waals surface area contributed by atoms with Gasteiger partial charge in [-0.25, -0.2) is 19.6 Å². The summed E-state index contributed by atoms with van der Waals surface area (Å²) in [6.07, 6.45) is 1.40. The molecule has 0 unspecified atom stereocenters. The Labute approximate surface area is 142 Å². The predicted molar refractivity (Wildman–Crippen MR) is 93.3 cm³/mol. The van der Waals surface area contributed by atoms with Crippen molar-refractivity contribution in [3.05, 3.63) is 93.4 Å². The number of fused-ring (bicyclic) bond motifs is 1. The molecule has 0 saturated heterocycles. The van der Waals surface area contributed by atoms with Crippen molar-refractivity contribution < 1.29 is 4.42 Å². The molecule has 0 radical (unpaired) electrons. The molecule has 122 valence electrons. The van der Waals surface area contributed by atoms with Crippen molar-refractivity contribution in [2.24, 2.45) is 0 Å². The van der Waals surface area contributed by atoms with Crippen LogP contribution >= 0.6 is 0 Å². The number of aromatic nitrogens is 3. The third-order valence-corrected chi connectivity index (χ3v) is 3.86. The molecule has 0 aliphatic rings.